The lowest BCUT2D eigenvalue weighted by Gasteiger charge is -2.03. The Morgan fingerprint density at radius 2 is 1.89 bits per heavy atom. The van der Waals surface area contributed by atoms with Crippen LogP contribution in [0, 0.1) is 11.6 Å². The van der Waals surface area contributed by atoms with Crippen LogP contribution in [0.5, 0.6) is 0 Å². The number of rotatable bonds is 3. The first-order chi connectivity index (χ1) is 8.97. The smallest absolute Gasteiger partial charge is 0.341 e. The average Bonchev–Trinajstić information content (AvgIpc) is 2.33. The van der Waals surface area contributed by atoms with Crippen LogP contribution in [0.3, 0.4) is 0 Å². The molecular weight excluding hydrogens is 256 g/mol. The molecule has 1 heterocycles. The van der Waals surface area contributed by atoms with Gasteiger partial charge >= 0.3 is 5.97 Å². The second kappa shape index (κ2) is 5.01. The molecule has 2 N–H and O–H groups in total. The maximum atomic E-state index is 13.0. The Hall–Kier alpha value is -2.50. The average molecular weight is 265 g/mol. The standard InChI is InChI=1S/C13H9F2NO3/c14-10-4-1-7(6-11(10)15)5-8-2-3-9(13(18)19)12(17)16-8/h1-4,6H,5H2,(H,16,17)(H,18,19). The Morgan fingerprint density at radius 1 is 1.16 bits per heavy atom. The van der Waals surface area contributed by atoms with E-state index in [1.54, 1.807) is 0 Å². The second-order valence-electron chi connectivity index (χ2n) is 3.96. The molecule has 2 rings (SSSR count). The molecule has 0 amide bonds. The third kappa shape index (κ3) is 2.85. The molecule has 0 aliphatic heterocycles. The number of carboxylic acid groups (broad SMARTS) is 1. The molecule has 0 bridgehead atoms. The summed E-state index contributed by atoms with van der Waals surface area (Å²) in [6.45, 7) is 0. The molecule has 0 radical (unpaired) electrons. The zero-order chi connectivity index (χ0) is 14.0. The number of benzene rings is 1. The number of pyridine rings is 1. The molecule has 6 heteroatoms. The first kappa shape index (κ1) is 12.9. The number of aromatic nitrogens is 1. The summed E-state index contributed by atoms with van der Waals surface area (Å²) in [5, 5.41) is 8.70. The van der Waals surface area contributed by atoms with Crippen LogP contribution < -0.4 is 5.56 Å². The fourth-order valence-corrected chi connectivity index (χ4v) is 1.66. The first-order valence-electron chi connectivity index (χ1n) is 5.37. The maximum absolute atomic E-state index is 13.0. The van der Waals surface area contributed by atoms with E-state index in [-0.39, 0.29) is 12.0 Å². The monoisotopic (exact) mass is 265 g/mol. The summed E-state index contributed by atoms with van der Waals surface area (Å²) in [5.74, 6) is -3.24. The van der Waals surface area contributed by atoms with E-state index in [1.807, 2.05) is 0 Å². The number of carbonyl (C=O) groups is 1. The van der Waals surface area contributed by atoms with Crippen LogP contribution in [-0.4, -0.2) is 16.1 Å². The van der Waals surface area contributed by atoms with Crippen LogP contribution >= 0.6 is 0 Å². The van der Waals surface area contributed by atoms with Gasteiger partial charge in [0.05, 0.1) is 0 Å². The number of nitrogens with one attached hydrogen (secondary N) is 1. The van der Waals surface area contributed by atoms with Crippen molar-refractivity contribution in [3.8, 4) is 0 Å². The zero-order valence-electron chi connectivity index (χ0n) is 9.61. The van der Waals surface area contributed by atoms with Crippen molar-refractivity contribution in [3.05, 3.63) is 69.1 Å². The van der Waals surface area contributed by atoms with E-state index in [4.69, 9.17) is 5.11 Å². The summed E-state index contributed by atoms with van der Waals surface area (Å²) in [4.78, 5) is 24.5. The van der Waals surface area contributed by atoms with Gasteiger partial charge in [-0.1, -0.05) is 6.07 Å². The Morgan fingerprint density at radius 3 is 2.47 bits per heavy atom. The van der Waals surface area contributed by atoms with E-state index in [2.05, 4.69) is 4.98 Å². The van der Waals surface area contributed by atoms with Crippen LogP contribution in [-0.2, 0) is 6.42 Å². The molecule has 0 aliphatic rings. The van der Waals surface area contributed by atoms with Crippen LogP contribution in [0.1, 0.15) is 21.6 Å². The molecule has 0 unspecified atom stereocenters. The van der Waals surface area contributed by atoms with Crippen molar-refractivity contribution in [2.75, 3.05) is 0 Å². The minimum absolute atomic E-state index is 0.173. The molecule has 0 fully saturated rings. The second-order valence-corrected chi connectivity index (χ2v) is 3.96. The number of aromatic amines is 1. The van der Waals surface area contributed by atoms with Crippen molar-refractivity contribution in [3.63, 3.8) is 0 Å². The van der Waals surface area contributed by atoms with Gasteiger partial charge in [-0.05, 0) is 29.8 Å². The zero-order valence-corrected chi connectivity index (χ0v) is 9.61. The number of hydrogen-bond acceptors (Lipinski definition) is 2. The minimum Gasteiger partial charge on any atom is -0.477 e. The van der Waals surface area contributed by atoms with Gasteiger partial charge in [0.25, 0.3) is 5.56 Å². The highest BCUT2D eigenvalue weighted by molar-refractivity contribution is 5.86. The highest BCUT2D eigenvalue weighted by Gasteiger charge is 2.09. The summed E-state index contributed by atoms with van der Waals surface area (Å²) >= 11 is 0. The van der Waals surface area contributed by atoms with Gasteiger partial charge in [0.1, 0.15) is 5.56 Å². The van der Waals surface area contributed by atoms with Crippen LogP contribution in [0.25, 0.3) is 0 Å². The van der Waals surface area contributed by atoms with Gasteiger partial charge in [-0.15, -0.1) is 0 Å². The Labute approximate surface area is 106 Å². The van der Waals surface area contributed by atoms with E-state index < -0.39 is 23.2 Å². The number of H-pyrrole nitrogens is 1. The van der Waals surface area contributed by atoms with Gasteiger partial charge in [-0.2, -0.15) is 0 Å². The fourth-order valence-electron chi connectivity index (χ4n) is 1.66. The number of halogens is 2. The van der Waals surface area contributed by atoms with Gasteiger partial charge in [0.2, 0.25) is 0 Å². The lowest BCUT2D eigenvalue weighted by molar-refractivity contribution is 0.0695. The van der Waals surface area contributed by atoms with Gasteiger partial charge in [-0.3, -0.25) is 4.79 Å². The minimum atomic E-state index is -1.32. The molecule has 0 aliphatic carbocycles. The van der Waals surface area contributed by atoms with Crippen LogP contribution in [0.4, 0.5) is 8.78 Å². The molecule has 19 heavy (non-hydrogen) atoms. The van der Waals surface area contributed by atoms with Crippen molar-refractivity contribution in [1.29, 1.82) is 0 Å². The van der Waals surface area contributed by atoms with Crippen molar-refractivity contribution >= 4 is 5.97 Å². The van der Waals surface area contributed by atoms with E-state index in [0.29, 0.717) is 11.3 Å². The van der Waals surface area contributed by atoms with E-state index in [9.17, 15) is 18.4 Å². The van der Waals surface area contributed by atoms with Crippen molar-refractivity contribution in [2.45, 2.75) is 6.42 Å². The van der Waals surface area contributed by atoms with Gasteiger partial charge in [-0.25, -0.2) is 13.6 Å². The summed E-state index contributed by atoms with van der Waals surface area (Å²) in [7, 11) is 0. The van der Waals surface area contributed by atoms with Gasteiger partial charge in [0, 0.05) is 12.1 Å². The van der Waals surface area contributed by atoms with Gasteiger partial charge < -0.3 is 10.1 Å². The first-order valence-corrected chi connectivity index (χ1v) is 5.37. The topological polar surface area (TPSA) is 70.2 Å². The molecule has 2 aromatic rings. The van der Waals surface area contributed by atoms with Crippen molar-refractivity contribution in [2.24, 2.45) is 0 Å². The molecule has 0 atom stereocenters. The summed E-state index contributed by atoms with van der Waals surface area (Å²) in [5.41, 5.74) is -0.208. The van der Waals surface area contributed by atoms with E-state index in [0.717, 1.165) is 12.1 Å². The quantitative estimate of drug-likeness (QED) is 0.891. The Balaban J connectivity index is 2.29. The normalized spacial score (nSPS) is 10.4. The molecule has 0 saturated carbocycles. The van der Waals surface area contributed by atoms with E-state index in [1.165, 1.54) is 18.2 Å². The number of aromatic carboxylic acids is 1. The molecular formula is C13H9F2NO3. The largest absolute Gasteiger partial charge is 0.477 e. The third-order valence-electron chi connectivity index (χ3n) is 2.58. The van der Waals surface area contributed by atoms with Crippen LogP contribution in [0.15, 0.2) is 35.1 Å². The summed E-state index contributed by atoms with van der Waals surface area (Å²) in [6, 6.07) is 6.01. The maximum Gasteiger partial charge on any atom is 0.341 e. The van der Waals surface area contributed by atoms with Gasteiger partial charge in [0.15, 0.2) is 11.6 Å². The Bertz CT molecular complexity index is 695. The lowest BCUT2D eigenvalue weighted by Crippen LogP contribution is -2.18. The highest BCUT2D eigenvalue weighted by atomic mass is 19.2. The van der Waals surface area contributed by atoms with Crippen molar-refractivity contribution < 1.29 is 18.7 Å². The lowest BCUT2D eigenvalue weighted by atomic mass is 10.1. The molecule has 1 aromatic heterocycles. The molecule has 4 nitrogen and oxygen atoms in total. The predicted molar refractivity (Wildman–Crippen MR) is 63.2 cm³/mol. The number of hydrogen-bond donors (Lipinski definition) is 2. The SMILES string of the molecule is O=C(O)c1ccc(Cc2ccc(F)c(F)c2)[nH]c1=O. The summed E-state index contributed by atoms with van der Waals surface area (Å²) in [6.07, 6.45) is 0.173. The van der Waals surface area contributed by atoms with Crippen LogP contribution in [0.2, 0.25) is 0 Å². The fraction of sp³-hybridized carbons (Fsp3) is 0.0769. The molecule has 1 aromatic carbocycles. The molecule has 98 valence electrons. The third-order valence-corrected chi connectivity index (χ3v) is 2.58. The number of carboxylic acids is 1. The highest BCUT2D eigenvalue weighted by Crippen LogP contribution is 2.11. The van der Waals surface area contributed by atoms with E-state index >= 15 is 0 Å². The molecule has 0 saturated heterocycles. The summed E-state index contributed by atoms with van der Waals surface area (Å²) < 4.78 is 25.8. The van der Waals surface area contributed by atoms with Crippen molar-refractivity contribution in [1.82, 2.24) is 4.98 Å². The predicted octanol–water partition coefficient (Wildman–Crippen LogP) is 1.94. The molecule has 0 spiro atoms. The Kier molecular flexibility index (Phi) is 3.41.